The van der Waals surface area contributed by atoms with Gasteiger partial charge in [0.15, 0.2) is 17.5 Å². The van der Waals surface area contributed by atoms with Crippen LogP contribution in [0, 0.1) is 11.3 Å². The van der Waals surface area contributed by atoms with E-state index in [1.165, 1.54) is 50.0 Å². The van der Waals surface area contributed by atoms with Gasteiger partial charge in [0, 0.05) is 61.6 Å². The average molecular weight is 1260 g/mol. The summed E-state index contributed by atoms with van der Waals surface area (Å²) in [6, 6.07) is 112. The molecule has 2 aromatic heterocycles. The van der Waals surface area contributed by atoms with E-state index in [-0.39, 0.29) is 17.5 Å². The van der Waals surface area contributed by atoms with Crippen molar-refractivity contribution in [3.8, 4) is 90.4 Å². The minimum Gasteiger partial charge on any atom is -0.311 e. The Morgan fingerprint density at radius 2 is 0.735 bits per heavy atom. The van der Waals surface area contributed by atoms with Gasteiger partial charge in [0.25, 0.3) is 6.71 Å². The van der Waals surface area contributed by atoms with Crippen LogP contribution < -0.4 is 26.2 Å². The molecule has 2 aliphatic rings. The molecule has 0 amide bonds. The van der Waals surface area contributed by atoms with E-state index in [9.17, 15) is 5.26 Å². The van der Waals surface area contributed by atoms with Crippen LogP contribution in [0.25, 0.3) is 106 Å². The van der Waals surface area contributed by atoms with Gasteiger partial charge in [-0.15, -0.1) is 0 Å². The van der Waals surface area contributed by atoms with Gasteiger partial charge in [0.2, 0.25) is 0 Å². The molecule has 4 heterocycles. The molecule has 13 aromatic carbocycles. The Balaban J connectivity index is 0.935. The predicted molar refractivity (Wildman–Crippen MR) is 408 cm³/mol. The molecule has 0 bridgehead atoms. The van der Waals surface area contributed by atoms with E-state index in [0.717, 1.165) is 94.8 Å². The van der Waals surface area contributed by atoms with Crippen LogP contribution in [0.3, 0.4) is 0 Å². The third-order valence-electron chi connectivity index (χ3n) is 19.8. The van der Waals surface area contributed by atoms with Crippen LogP contribution in [0.15, 0.2) is 303 Å². The fourth-order valence-electron chi connectivity index (χ4n) is 14.7. The Kier molecular flexibility index (Phi) is 14.4. The molecule has 0 saturated heterocycles. The summed E-state index contributed by atoms with van der Waals surface area (Å²) in [5.74, 6) is 1.54. The molecule has 8 heteroatoms. The summed E-state index contributed by atoms with van der Waals surface area (Å²) >= 11 is 0. The lowest BCUT2D eigenvalue weighted by Crippen LogP contribution is -2.61. The first-order valence-corrected chi connectivity index (χ1v) is 33.7. The summed E-state index contributed by atoms with van der Waals surface area (Å²) in [5.41, 5.74) is 27.6. The van der Waals surface area contributed by atoms with E-state index >= 15 is 0 Å². The molecule has 0 unspecified atom stereocenters. The molecule has 466 valence electrons. The van der Waals surface area contributed by atoms with Crippen LogP contribution in [0.4, 0.5) is 34.1 Å². The number of nitriles is 1. The van der Waals surface area contributed by atoms with Crippen LogP contribution in [-0.2, 0) is 10.8 Å². The number of fused-ring (bicyclic) bond motifs is 7. The van der Waals surface area contributed by atoms with Crippen molar-refractivity contribution in [2.75, 3.05) is 9.80 Å². The van der Waals surface area contributed by atoms with Crippen molar-refractivity contribution in [3.05, 3.63) is 320 Å². The number of nitrogens with zero attached hydrogens (tertiary/aromatic N) is 7. The van der Waals surface area contributed by atoms with Crippen molar-refractivity contribution in [2.45, 2.75) is 52.4 Å². The zero-order valence-electron chi connectivity index (χ0n) is 55.6. The average Bonchev–Trinajstić information content (AvgIpc) is 0.753. The summed E-state index contributed by atoms with van der Waals surface area (Å²) in [6.45, 7) is 13.8. The second-order valence-electron chi connectivity index (χ2n) is 28.0. The Bertz CT molecular complexity index is 5400. The highest BCUT2D eigenvalue weighted by Crippen LogP contribution is 2.49. The SMILES string of the molecule is CC(C)(C)c1ccc2c(c1)N(c1ccc(-c3ccccc3)cc1)c1cc(-c3ccc4c(c3)c3ccc(-c5ccccc5)cc3n4-c3ccc(C#N)cc3-c3nc(-c4ccccc4)nc(-c4ccccc4)n3)cc3c1B2c1ccc(C(C)(C)C)cc1N3c1ccc(-c2ccccc2)cc1. The highest BCUT2D eigenvalue weighted by atomic mass is 15.2. The van der Waals surface area contributed by atoms with Crippen molar-refractivity contribution >= 4 is 79.0 Å². The molecule has 0 saturated carbocycles. The molecule has 98 heavy (non-hydrogen) atoms. The third-order valence-corrected chi connectivity index (χ3v) is 19.8. The minimum atomic E-state index is -0.129. The quantitative estimate of drug-likeness (QED) is 0.127. The van der Waals surface area contributed by atoms with Gasteiger partial charge in [0.1, 0.15) is 0 Å². The molecule has 0 aliphatic carbocycles. The number of hydrogen-bond acceptors (Lipinski definition) is 6. The van der Waals surface area contributed by atoms with Gasteiger partial charge in [-0.3, -0.25) is 0 Å². The maximum Gasteiger partial charge on any atom is 0.252 e. The maximum atomic E-state index is 10.7. The van der Waals surface area contributed by atoms with E-state index in [1.807, 2.05) is 72.8 Å². The van der Waals surface area contributed by atoms with Gasteiger partial charge in [0.05, 0.1) is 28.4 Å². The smallest absolute Gasteiger partial charge is 0.252 e. The van der Waals surface area contributed by atoms with Gasteiger partial charge < -0.3 is 14.4 Å². The second kappa shape index (κ2) is 23.6. The van der Waals surface area contributed by atoms with Crippen molar-refractivity contribution in [2.24, 2.45) is 0 Å². The monoisotopic (exact) mass is 1260 g/mol. The lowest BCUT2D eigenvalue weighted by molar-refractivity contribution is 0.590. The van der Waals surface area contributed by atoms with Crippen molar-refractivity contribution in [1.82, 2.24) is 19.5 Å². The molecule has 2 aliphatic heterocycles. The Hall–Kier alpha value is -12.2. The first kappa shape index (κ1) is 59.6. The van der Waals surface area contributed by atoms with E-state index in [1.54, 1.807) is 0 Å². The van der Waals surface area contributed by atoms with Gasteiger partial charge in [-0.2, -0.15) is 5.26 Å². The van der Waals surface area contributed by atoms with Gasteiger partial charge in [-0.05, 0) is 168 Å². The summed E-state index contributed by atoms with van der Waals surface area (Å²) in [4.78, 5) is 20.8. The Morgan fingerprint density at radius 1 is 0.316 bits per heavy atom. The zero-order chi connectivity index (χ0) is 66.4. The summed E-state index contributed by atoms with van der Waals surface area (Å²) in [5, 5.41) is 12.9. The van der Waals surface area contributed by atoms with E-state index in [4.69, 9.17) is 15.0 Å². The fourth-order valence-corrected chi connectivity index (χ4v) is 14.7. The predicted octanol–water partition coefficient (Wildman–Crippen LogP) is 21.2. The van der Waals surface area contributed by atoms with Crippen LogP contribution >= 0.6 is 0 Å². The van der Waals surface area contributed by atoms with Gasteiger partial charge >= 0.3 is 0 Å². The molecule has 0 spiro atoms. The molecule has 15 aromatic rings. The molecule has 0 atom stereocenters. The summed E-state index contributed by atoms with van der Waals surface area (Å²) in [7, 11) is 0. The topological polar surface area (TPSA) is 73.9 Å². The van der Waals surface area contributed by atoms with Crippen LogP contribution in [0.1, 0.15) is 58.2 Å². The zero-order valence-corrected chi connectivity index (χ0v) is 55.6. The van der Waals surface area contributed by atoms with Crippen molar-refractivity contribution < 1.29 is 0 Å². The van der Waals surface area contributed by atoms with Crippen LogP contribution in [-0.4, -0.2) is 26.2 Å². The molecular weight excluding hydrogens is 1190 g/mol. The number of rotatable bonds is 10. The molecule has 0 N–H and O–H groups in total. The highest BCUT2D eigenvalue weighted by molar-refractivity contribution is 7.00. The second-order valence-corrected chi connectivity index (χ2v) is 28.0. The van der Waals surface area contributed by atoms with E-state index in [2.05, 4.69) is 293 Å². The number of anilines is 6. The van der Waals surface area contributed by atoms with Gasteiger partial charge in [-0.1, -0.05) is 260 Å². The van der Waals surface area contributed by atoms with Crippen LogP contribution in [0.2, 0.25) is 0 Å². The molecule has 0 radical (unpaired) electrons. The molecule has 0 fully saturated rings. The first-order chi connectivity index (χ1) is 47.8. The Morgan fingerprint density at radius 3 is 1.20 bits per heavy atom. The standard InChI is InChI=1S/C90H68BN7/c1-89(2,3)69-39-46-76-81(55-69)96(71-41-33-62(34-42-71)59-22-12-7-13-23-59)83-53-68(54-84-85(83)91(76)77-47-40-70(90(4,5)6)56-82(77)97(84)72-43-35-63(36-44-72)60-24-14-8-15-25-60)66-38-49-78-74(51-66)73-45-37-67(61-26-16-9-17-27-61)52-80(73)98(78)79-48-32-58(57-92)50-75(79)88-94-86(64-28-18-10-19-29-64)93-87(95-88)65-30-20-11-21-31-65/h7-56H,1-6H3. The minimum absolute atomic E-state index is 0.0976. The van der Waals surface area contributed by atoms with Crippen molar-refractivity contribution in [3.63, 3.8) is 0 Å². The highest BCUT2D eigenvalue weighted by Gasteiger charge is 2.44. The largest absolute Gasteiger partial charge is 0.311 e. The normalized spacial score (nSPS) is 12.5. The molecule has 7 nitrogen and oxygen atoms in total. The molecular formula is C90H68BN7. The summed E-state index contributed by atoms with van der Waals surface area (Å²) < 4.78 is 2.35. The van der Waals surface area contributed by atoms with Crippen LogP contribution in [0.5, 0.6) is 0 Å². The summed E-state index contributed by atoms with van der Waals surface area (Å²) in [6.07, 6.45) is 0. The number of benzene rings is 13. The van der Waals surface area contributed by atoms with Gasteiger partial charge in [-0.25, -0.2) is 15.0 Å². The number of hydrogen-bond donors (Lipinski definition) is 0. The maximum absolute atomic E-state index is 10.7. The van der Waals surface area contributed by atoms with E-state index in [0.29, 0.717) is 28.6 Å². The van der Waals surface area contributed by atoms with E-state index < -0.39 is 0 Å². The fraction of sp³-hybridized carbons (Fsp3) is 0.0889. The Labute approximate surface area is 573 Å². The first-order valence-electron chi connectivity index (χ1n) is 33.7. The lowest BCUT2D eigenvalue weighted by Gasteiger charge is -2.45. The third kappa shape index (κ3) is 10.4. The molecule has 17 rings (SSSR count). The number of aromatic nitrogens is 4. The lowest BCUT2D eigenvalue weighted by atomic mass is 9.33. The van der Waals surface area contributed by atoms with Crippen molar-refractivity contribution in [1.29, 1.82) is 5.26 Å².